The van der Waals surface area contributed by atoms with Gasteiger partial charge in [0.05, 0.1) is 26.2 Å². The number of quaternary nitrogens is 1. The fourth-order valence-electron chi connectivity index (χ4n) is 5.85. The Morgan fingerprint density at radius 3 is 0.686 bits per heavy atom. The van der Waals surface area contributed by atoms with Gasteiger partial charge in [0.25, 0.3) is 0 Å². The quantitative estimate of drug-likeness (QED) is 0.0687. The van der Waals surface area contributed by atoms with Crippen LogP contribution in [0.15, 0.2) is 0 Å². The molecule has 0 aromatic carbocycles. The molecule has 1 nitrogen and oxygen atoms in total. The summed E-state index contributed by atoms with van der Waals surface area (Å²) in [5, 5.41) is 0. The van der Waals surface area contributed by atoms with Crippen molar-refractivity contribution in [2.24, 2.45) is 0 Å². The van der Waals surface area contributed by atoms with E-state index in [4.69, 9.17) is 0 Å². The molecular weight excluding hydrogens is 422 g/mol. The van der Waals surface area contributed by atoms with E-state index in [-0.39, 0.29) is 0 Å². The third-order valence-corrected chi connectivity index (χ3v) is 8.44. The second-order valence-corrected chi connectivity index (χ2v) is 12.0. The molecule has 0 atom stereocenters. The van der Waals surface area contributed by atoms with Gasteiger partial charge in [-0.05, 0) is 32.1 Å². The summed E-state index contributed by atoms with van der Waals surface area (Å²) < 4.78 is 1.44. The Morgan fingerprint density at radius 2 is 0.429 bits per heavy atom. The van der Waals surface area contributed by atoms with Crippen LogP contribution in [-0.2, 0) is 0 Å². The zero-order valence-electron chi connectivity index (χ0n) is 25.7. The van der Waals surface area contributed by atoms with Crippen LogP contribution < -0.4 is 0 Å². The molecule has 0 aromatic heterocycles. The van der Waals surface area contributed by atoms with Crippen molar-refractivity contribution < 1.29 is 4.48 Å². The van der Waals surface area contributed by atoms with Gasteiger partial charge in [0.2, 0.25) is 0 Å². The van der Waals surface area contributed by atoms with Gasteiger partial charge in [-0.25, -0.2) is 0 Å². The lowest BCUT2D eigenvalue weighted by atomic mass is 10.0. The fraction of sp³-hybridized carbons (Fsp3) is 1.00. The second kappa shape index (κ2) is 28.5. The molecule has 0 amide bonds. The lowest BCUT2D eigenvalue weighted by Crippen LogP contribution is -2.50. The lowest BCUT2D eigenvalue weighted by Gasteiger charge is -2.39. The van der Waals surface area contributed by atoms with Crippen molar-refractivity contribution in [3.05, 3.63) is 0 Å². The molecule has 0 spiro atoms. The van der Waals surface area contributed by atoms with Crippen LogP contribution in [0.4, 0.5) is 0 Å². The molecule has 212 valence electrons. The summed E-state index contributed by atoms with van der Waals surface area (Å²) >= 11 is 0. The van der Waals surface area contributed by atoms with E-state index >= 15 is 0 Å². The molecule has 0 radical (unpaired) electrons. The van der Waals surface area contributed by atoms with Crippen molar-refractivity contribution in [3.63, 3.8) is 0 Å². The molecule has 0 aromatic rings. The van der Waals surface area contributed by atoms with Crippen molar-refractivity contribution in [3.8, 4) is 0 Å². The predicted molar refractivity (Wildman–Crippen MR) is 162 cm³/mol. The summed E-state index contributed by atoms with van der Waals surface area (Å²) in [7, 11) is 0. The van der Waals surface area contributed by atoms with Crippen LogP contribution in [0.2, 0.25) is 0 Å². The minimum atomic E-state index is 1.36. The normalized spacial score (nSPS) is 12.0. The summed E-state index contributed by atoms with van der Waals surface area (Å²) in [6.45, 7) is 15.2. The Balaban J connectivity index is 3.57. The summed E-state index contributed by atoms with van der Waals surface area (Å²) in [5.74, 6) is 0. The molecule has 0 rings (SSSR count). The third kappa shape index (κ3) is 24.1. The summed E-state index contributed by atoms with van der Waals surface area (Å²) in [6, 6.07) is 0. The lowest BCUT2D eigenvalue weighted by molar-refractivity contribution is -0.929. The number of hydrogen-bond acceptors (Lipinski definition) is 0. The first-order valence-corrected chi connectivity index (χ1v) is 17.1. The maximum atomic E-state index is 2.37. The maximum absolute atomic E-state index is 2.37. The number of nitrogens with zero attached hydrogens (tertiary/aromatic N) is 1. The summed E-state index contributed by atoms with van der Waals surface area (Å²) in [4.78, 5) is 0. The fourth-order valence-corrected chi connectivity index (χ4v) is 5.85. The molecule has 0 aliphatic rings. The molecular formula is C34H72N+. The minimum absolute atomic E-state index is 1.36. The molecule has 0 N–H and O–H groups in total. The average molecular weight is 495 g/mol. The molecule has 0 heterocycles. The highest BCUT2D eigenvalue weighted by atomic mass is 15.3. The molecule has 0 bridgehead atoms. The van der Waals surface area contributed by atoms with Gasteiger partial charge in [0.1, 0.15) is 0 Å². The topological polar surface area (TPSA) is 0 Å². The first-order valence-electron chi connectivity index (χ1n) is 17.1. The first-order chi connectivity index (χ1) is 17.2. The zero-order chi connectivity index (χ0) is 25.7. The Kier molecular flexibility index (Phi) is 28.5. The van der Waals surface area contributed by atoms with E-state index in [0.29, 0.717) is 0 Å². The highest BCUT2D eigenvalue weighted by Crippen LogP contribution is 2.19. The van der Waals surface area contributed by atoms with Gasteiger partial charge in [-0.15, -0.1) is 0 Å². The predicted octanol–water partition coefficient (Wildman–Crippen LogP) is 12.0. The van der Waals surface area contributed by atoms with Gasteiger partial charge in [-0.2, -0.15) is 0 Å². The SMILES string of the molecule is CCCCCCCCCCCCCCCCCCCCCC[N+](CCCC)(CCCC)CCCC. The van der Waals surface area contributed by atoms with E-state index in [2.05, 4.69) is 27.7 Å². The molecule has 1 heteroatoms. The summed E-state index contributed by atoms with van der Waals surface area (Å²) in [5.41, 5.74) is 0. The number of rotatable bonds is 30. The minimum Gasteiger partial charge on any atom is -0.324 e. The first kappa shape index (κ1) is 35.0. The van der Waals surface area contributed by atoms with E-state index in [1.807, 2.05) is 0 Å². The molecule has 0 aliphatic carbocycles. The van der Waals surface area contributed by atoms with E-state index in [9.17, 15) is 0 Å². The molecule has 0 saturated carbocycles. The van der Waals surface area contributed by atoms with Crippen molar-refractivity contribution >= 4 is 0 Å². The molecule has 0 unspecified atom stereocenters. The summed E-state index contributed by atoms with van der Waals surface area (Å²) in [6.07, 6.45) is 37.9. The van der Waals surface area contributed by atoms with Crippen LogP contribution in [0, 0.1) is 0 Å². The van der Waals surface area contributed by atoms with Crippen LogP contribution in [0.1, 0.15) is 195 Å². The Labute approximate surface area is 225 Å². The van der Waals surface area contributed by atoms with E-state index in [0.717, 1.165) is 0 Å². The Hall–Kier alpha value is -0.0400. The van der Waals surface area contributed by atoms with Crippen LogP contribution in [-0.4, -0.2) is 30.7 Å². The van der Waals surface area contributed by atoms with Gasteiger partial charge in [0, 0.05) is 0 Å². The maximum Gasteiger partial charge on any atom is 0.0786 e. The molecule has 0 fully saturated rings. The zero-order valence-corrected chi connectivity index (χ0v) is 25.7. The van der Waals surface area contributed by atoms with Gasteiger partial charge in [-0.3, -0.25) is 0 Å². The Bertz CT molecular complexity index is 355. The molecule has 0 aliphatic heterocycles. The van der Waals surface area contributed by atoms with Gasteiger partial charge in [0.15, 0.2) is 0 Å². The standard InChI is InChI=1S/C34H72N/c1-5-9-13-14-15-16-17-18-19-20-21-22-23-24-25-26-27-28-29-30-34-35(31-10-6-2,32-11-7-3)33-12-8-4/h5-34H2,1-4H3/q+1. The van der Waals surface area contributed by atoms with Gasteiger partial charge >= 0.3 is 0 Å². The largest absolute Gasteiger partial charge is 0.324 e. The van der Waals surface area contributed by atoms with Crippen molar-refractivity contribution in [1.29, 1.82) is 0 Å². The highest BCUT2D eigenvalue weighted by molar-refractivity contribution is 4.53. The van der Waals surface area contributed by atoms with Crippen molar-refractivity contribution in [2.75, 3.05) is 26.2 Å². The van der Waals surface area contributed by atoms with Crippen LogP contribution in [0.3, 0.4) is 0 Å². The van der Waals surface area contributed by atoms with E-state index < -0.39 is 0 Å². The van der Waals surface area contributed by atoms with Crippen molar-refractivity contribution in [2.45, 2.75) is 195 Å². The molecule has 35 heavy (non-hydrogen) atoms. The second-order valence-electron chi connectivity index (χ2n) is 12.0. The van der Waals surface area contributed by atoms with Gasteiger partial charge in [-0.1, -0.05) is 163 Å². The van der Waals surface area contributed by atoms with E-state index in [1.54, 1.807) is 0 Å². The third-order valence-electron chi connectivity index (χ3n) is 8.44. The van der Waals surface area contributed by atoms with Crippen LogP contribution in [0.5, 0.6) is 0 Å². The van der Waals surface area contributed by atoms with Crippen LogP contribution in [0.25, 0.3) is 0 Å². The van der Waals surface area contributed by atoms with E-state index in [1.165, 1.54) is 198 Å². The Morgan fingerprint density at radius 1 is 0.229 bits per heavy atom. The van der Waals surface area contributed by atoms with Crippen LogP contribution >= 0.6 is 0 Å². The average Bonchev–Trinajstić information content (AvgIpc) is 2.88. The van der Waals surface area contributed by atoms with Crippen molar-refractivity contribution in [1.82, 2.24) is 0 Å². The smallest absolute Gasteiger partial charge is 0.0786 e. The number of hydrogen-bond donors (Lipinski definition) is 0. The number of unbranched alkanes of at least 4 members (excludes halogenated alkanes) is 22. The van der Waals surface area contributed by atoms with Gasteiger partial charge < -0.3 is 4.48 Å². The highest BCUT2D eigenvalue weighted by Gasteiger charge is 2.24. The monoisotopic (exact) mass is 495 g/mol. The molecule has 0 saturated heterocycles.